The third kappa shape index (κ3) is 9.59. The number of rotatable bonds is 8. The Labute approximate surface area is 451 Å². The largest absolute Gasteiger partial charge is 0.507 e. The van der Waals surface area contributed by atoms with Gasteiger partial charge in [0.25, 0.3) is 0 Å². The molecular formula is C66H87NO2SiZr-2. The van der Waals surface area contributed by atoms with Crippen molar-refractivity contribution in [2.45, 2.75) is 185 Å². The van der Waals surface area contributed by atoms with Gasteiger partial charge in [0.15, 0.2) is 0 Å². The van der Waals surface area contributed by atoms with Gasteiger partial charge in [-0.05, 0) is 197 Å². The minimum atomic E-state index is -1.81. The van der Waals surface area contributed by atoms with Crippen molar-refractivity contribution in [2.75, 3.05) is 0 Å². The van der Waals surface area contributed by atoms with E-state index in [0.29, 0.717) is 11.5 Å². The molecule has 8 saturated carbocycles. The van der Waals surface area contributed by atoms with Crippen molar-refractivity contribution in [3.63, 3.8) is 0 Å². The van der Waals surface area contributed by atoms with Gasteiger partial charge < -0.3 is 25.1 Å². The average molecular weight is 1050 g/mol. The summed E-state index contributed by atoms with van der Waals surface area (Å²) < 4.78 is 0. The van der Waals surface area contributed by atoms with Gasteiger partial charge in [-0.15, -0.1) is 0 Å². The third-order valence-electron chi connectivity index (χ3n) is 19.7. The van der Waals surface area contributed by atoms with Gasteiger partial charge in [0, 0.05) is 59.6 Å². The first-order chi connectivity index (χ1) is 32.0. The van der Waals surface area contributed by atoms with Crippen LogP contribution in [0.1, 0.15) is 167 Å². The monoisotopic (exact) mass is 1040 g/mol. The number of phenolic OH excluding ortho intramolecular Hbond substituents is 2. The van der Waals surface area contributed by atoms with E-state index >= 15 is 0 Å². The molecule has 0 radical (unpaired) electrons. The molecule has 13 rings (SSSR count). The molecule has 0 spiro atoms. The van der Waals surface area contributed by atoms with Crippen LogP contribution in [-0.2, 0) is 53.9 Å². The molecule has 1 aromatic heterocycles. The van der Waals surface area contributed by atoms with E-state index < -0.39 is 8.07 Å². The maximum atomic E-state index is 12.9. The number of hydrogen-bond donors (Lipinski definition) is 2. The minimum Gasteiger partial charge on any atom is -0.507 e. The molecule has 2 N–H and O–H groups in total. The van der Waals surface area contributed by atoms with Gasteiger partial charge in [-0.1, -0.05) is 136 Å². The van der Waals surface area contributed by atoms with Crippen LogP contribution >= 0.6 is 0 Å². The van der Waals surface area contributed by atoms with Gasteiger partial charge >= 0.3 is 0 Å². The molecule has 3 nitrogen and oxygen atoms in total. The second-order valence-electron chi connectivity index (χ2n) is 27.9. The van der Waals surface area contributed by atoms with E-state index in [1.807, 2.05) is 0 Å². The van der Waals surface area contributed by atoms with E-state index in [9.17, 15) is 10.2 Å². The zero-order chi connectivity index (χ0) is 47.9. The maximum absolute atomic E-state index is 12.9. The van der Waals surface area contributed by atoms with Gasteiger partial charge in [-0.25, -0.2) is 4.98 Å². The molecule has 1 heterocycles. The van der Waals surface area contributed by atoms with Crippen molar-refractivity contribution >= 4 is 8.07 Å². The molecule has 378 valence electrons. The topological polar surface area (TPSA) is 53.4 Å². The molecule has 4 aromatic carbocycles. The van der Waals surface area contributed by atoms with Crippen LogP contribution in [0.3, 0.4) is 0 Å². The molecule has 0 saturated heterocycles. The summed E-state index contributed by atoms with van der Waals surface area (Å²) in [7, 11) is -1.81. The third-order valence-corrected chi connectivity index (χ3v) is 25.1. The Kier molecular flexibility index (Phi) is 14.3. The maximum Gasteiger partial charge on any atom is 0.127 e. The molecule has 0 unspecified atom stereocenters. The summed E-state index contributed by atoms with van der Waals surface area (Å²) in [5.41, 5.74) is 14.2. The SMILES string of the molecule is CC(C)(C)c1cc(-c2ccccc2-c2cc(C[Si](C)(C)C(C)(C)C)cc(-c3ccccc3-c3cc(C(C)(C)C)cc(C45CC6CC(CC(C6)C4)C5)c3O)n2)c(O)c(C23CC4CC(CC(C4)C2)C3)c1.[CH3-].[CH3-].[Zr]. The number of aromatic nitrogens is 1. The van der Waals surface area contributed by atoms with E-state index in [2.05, 4.69) is 160 Å². The van der Waals surface area contributed by atoms with Crippen LogP contribution in [0, 0.1) is 50.4 Å². The second-order valence-corrected chi connectivity index (χ2v) is 33.5. The first kappa shape index (κ1) is 54.0. The molecule has 5 heteroatoms. The number of phenols is 2. The molecule has 5 aromatic rings. The standard InChI is InChI=1S/C64H81NO2Si.2CH3.Zr/c1-60(2,3)46-28-52(58(66)54(30-46)63-32-39-20-40(33-63)22-41(21-39)34-63)48-16-12-14-18-50(48)56-26-45(38-68(10,11)62(7,8)9)27-57(65-56)51-19-15-13-17-49(51)53-29-47(61(4,5)6)31-55(59(53)67)64-35-42-23-43(36-64)25-44(24-42)37-64;;;/h12-19,26-31,39-44,66-67H,20-25,32-38H2,1-11H3;2*1H3;/q;2*-1;. The molecule has 0 atom stereocenters. The summed E-state index contributed by atoms with van der Waals surface area (Å²) in [5, 5.41) is 26.0. The Bertz CT molecular complexity index is 2550. The molecule has 8 fully saturated rings. The Morgan fingerprint density at radius 3 is 1.08 bits per heavy atom. The number of benzene rings is 4. The van der Waals surface area contributed by atoms with Gasteiger partial charge in [0.05, 0.1) is 19.5 Å². The van der Waals surface area contributed by atoms with Gasteiger partial charge in [0.2, 0.25) is 0 Å². The summed E-state index contributed by atoms with van der Waals surface area (Å²) in [6.45, 7) is 26.3. The predicted octanol–water partition coefficient (Wildman–Crippen LogP) is 18.2. The Morgan fingerprint density at radius 1 is 0.479 bits per heavy atom. The fraction of sp³-hybridized carbons (Fsp3) is 0.530. The van der Waals surface area contributed by atoms with Crippen LogP contribution < -0.4 is 0 Å². The van der Waals surface area contributed by atoms with E-state index in [-0.39, 0.29) is 67.8 Å². The van der Waals surface area contributed by atoms with E-state index in [1.54, 1.807) is 0 Å². The van der Waals surface area contributed by atoms with Crippen LogP contribution in [0.5, 0.6) is 11.5 Å². The number of aromatic hydroxyl groups is 2. The average Bonchev–Trinajstić information content (AvgIpc) is 3.24. The molecule has 71 heavy (non-hydrogen) atoms. The number of nitrogens with zero attached hydrogens (tertiary/aromatic N) is 1. The van der Waals surface area contributed by atoms with Gasteiger partial charge in [0.1, 0.15) is 11.5 Å². The quantitative estimate of drug-likeness (QED) is 0.120. The number of hydrogen-bond acceptors (Lipinski definition) is 3. The first-order valence-electron chi connectivity index (χ1n) is 26.9. The predicted molar refractivity (Wildman–Crippen MR) is 300 cm³/mol. The van der Waals surface area contributed by atoms with Crippen molar-refractivity contribution in [1.29, 1.82) is 0 Å². The van der Waals surface area contributed by atoms with Crippen molar-refractivity contribution in [2.24, 2.45) is 35.5 Å². The Balaban J connectivity index is 0.00000225. The molecule has 8 aliphatic rings. The van der Waals surface area contributed by atoms with Crippen LogP contribution in [0.4, 0.5) is 0 Å². The van der Waals surface area contributed by atoms with E-state index in [4.69, 9.17) is 4.98 Å². The van der Waals surface area contributed by atoms with E-state index in [0.717, 1.165) is 86.3 Å². The second kappa shape index (κ2) is 18.8. The molecule has 8 aliphatic carbocycles. The van der Waals surface area contributed by atoms with Crippen LogP contribution in [0.25, 0.3) is 44.8 Å². The van der Waals surface area contributed by atoms with Crippen molar-refractivity contribution in [3.8, 4) is 56.3 Å². The fourth-order valence-electron chi connectivity index (χ4n) is 15.9. The van der Waals surface area contributed by atoms with Crippen molar-refractivity contribution in [3.05, 3.63) is 128 Å². The Hall–Kier alpha value is -3.27. The summed E-state index contributed by atoms with van der Waals surface area (Å²) in [6.07, 6.45) is 15.5. The summed E-state index contributed by atoms with van der Waals surface area (Å²) in [4.78, 5) is 5.75. The van der Waals surface area contributed by atoms with Crippen molar-refractivity contribution in [1.82, 2.24) is 4.98 Å². The van der Waals surface area contributed by atoms with Crippen LogP contribution in [0.15, 0.2) is 84.9 Å². The summed E-state index contributed by atoms with van der Waals surface area (Å²) in [5.74, 6) is 5.67. The summed E-state index contributed by atoms with van der Waals surface area (Å²) >= 11 is 0. The zero-order valence-corrected chi connectivity index (χ0v) is 49.5. The molecule has 8 bridgehead atoms. The first-order valence-corrected chi connectivity index (χ1v) is 30.1. The van der Waals surface area contributed by atoms with Crippen LogP contribution in [-0.4, -0.2) is 23.3 Å². The number of pyridine rings is 1. The Morgan fingerprint density at radius 2 is 0.789 bits per heavy atom. The smallest absolute Gasteiger partial charge is 0.127 e. The van der Waals surface area contributed by atoms with Gasteiger partial charge in [-0.3, -0.25) is 0 Å². The zero-order valence-electron chi connectivity index (χ0n) is 46.1. The fourth-order valence-corrected chi connectivity index (χ4v) is 17.6. The normalized spacial score (nSPS) is 27.5. The molecular weight excluding hydrogens is 958 g/mol. The minimum absolute atomic E-state index is 0. The van der Waals surface area contributed by atoms with Crippen LogP contribution in [0.2, 0.25) is 18.1 Å². The summed E-state index contributed by atoms with van der Waals surface area (Å²) in [6, 6.07) is 32.8. The molecule has 0 amide bonds. The van der Waals surface area contributed by atoms with Gasteiger partial charge in [-0.2, -0.15) is 0 Å². The van der Waals surface area contributed by atoms with E-state index in [1.165, 1.54) is 105 Å². The molecule has 0 aliphatic heterocycles. The van der Waals surface area contributed by atoms with Crippen molar-refractivity contribution < 1.29 is 36.4 Å².